The van der Waals surface area contributed by atoms with E-state index in [0.29, 0.717) is 0 Å². The molecule has 0 aliphatic carbocycles. The average Bonchev–Trinajstić information content (AvgIpc) is 2.98. The Morgan fingerprint density at radius 1 is 1.33 bits per heavy atom. The van der Waals surface area contributed by atoms with Gasteiger partial charge in [-0.2, -0.15) is 0 Å². The molecule has 1 amide bonds. The van der Waals surface area contributed by atoms with Gasteiger partial charge in [-0.15, -0.1) is 6.58 Å². The molecule has 1 aliphatic heterocycles. The number of likely N-dealkylation sites (tertiary alicyclic amines) is 1. The van der Waals surface area contributed by atoms with Crippen molar-refractivity contribution < 1.29 is 23.9 Å². The van der Waals surface area contributed by atoms with Crippen LogP contribution in [0.5, 0.6) is 0 Å². The summed E-state index contributed by atoms with van der Waals surface area (Å²) < 4.78 is 10.1. The fourth-order valence-electron chi connectivity index (χ4n) is 3.02. The van der Waals surface area contributed by atoms with Crippen LogP contribution in [0.1, 0.15) is 12.0 Å². The van der Waals surface area contributed by atoms with E-state index in [1.807, 2.05) is 30.3 Å². The van der Waals surface area contributed by atoms with Gasteiger partial charge in [0.15, 0.2) is 0 Å². The predicted octanol–water partition coefficient (Wildman–Crippen LogP) is 2.19. The summed E-state index contributed by atoms with van der Waals surface area (Å²) in [5.41, 5.74) is 0.851. The van der Waals surface area contributed by atoms with Crippen molar-refractivity contribution in [3.05, 3.63) is 48.6 Å². The van der Waals surface area contributed by atoms with Gasteiger partial charge in [-0.1, -0.05) is 36.4 Å². The molecule has 3 atom stereocenters. The van der Waals surface area contributed by atoms with E-state index in [4.69, 9.17) is 9.47 Å². The summed E-state index contributed by atoms with van der Waals surface area (Å²) in [4.78, 5) is 36.8. The fraction of sp³-hybridized carbons (Fsp3) is 0.389. The van der Waals surface area contributed by atoms with Crippen molar-refractivity contribution in [1.82, 2.24) is 4.90 Å². The number of methoxy groups -OCH3 is 1. The van der Waals surface area contributed by atoms with Gasteiger partial charge in [-0.25, -0.2) is 9.59 Å². The highest BCUT2D eigenvalue weighted by Crippen LogP contribution is 2.34. The summed E-state index contributed by atoms with van der Waals surface area (Å²) in [5, 5.41) is 0. The zero-order valence-corrected chi connectivity index (χ0v) is 13.6. The summed E-state index contributed by atoms with van der Waals surface area (Å²) in [6, 6.07) is 8.42. The molecular formula is C18H21NO5. The third-order valence-corrected chi connectivity index (χ3v) is 4.25. The van der Waals surface area contributed by atoms with Gasteiger partial charge in [0.1, 0.15) is 18.9 Å². The molecule has 0 bridgehead atoms. The molecule has 128 valence electrons. The number of benzene rings is 1. The molecule has 2 rings (SSSR count). The molecule has 1 aromatic carbocycles. The maximum Gasteiger partial charge on any atom is 0.410 e. The highest BCUT2D eigenvalue weighted by Gasteiger charge is 2.47. The highest BCUT2D eigenvalue weighted by atomic mass is 16.6. The van der Waals surface area contributed by atoms with Gasteiger partial charge in [-0.3, -0.25) is 4.90 Å². The van der Waals surface area contributed by atoms with Gasteiger partial charge in [-0.05, 0) is 5.56 Å². The minimum absolute atomic E-state index is 0.112. The van der Waals surface area contributed by atoms with Gasteiger partial charge in [0.05, 0.1) is 7.11 Å². The molecule has 0 unspecified atom stereocenters. The van der Waals surface area contributed by atoms with Gasteiger partial charge >= 0.3 is 12.1 Å². The van der Waals surface area contributed by atoms with Gasteiger partial charge in [0, 0.05) is 24.8 Å². The van der Waals surface area contributed by atoms with Crippen molar-refractivity contribution in [2.75, 3.05) is 13.7 Å². The van der Waals surface area contributed by atoms with Crippen LogP contribution in [-0.2, 0) is 25.7 Å². The Hall–Kier alpha value is -2.63. The zero-order chi connectivity index (χ0) is 17.5. The molecule has 0 spiro atoms. The third kappa shape index (κ3) is 3.82. The lowest BCUT2D eigenvalue weighted by atomic mass is 9.88. The fourth-order valence-corrected chi connectivity index (χ4v) is 3.02. The zero-order valence-electron chi connectivity index (χ0n) is 13.6. The molecule has 24 heavy (non-hydrogen) atoms. The van der Waals surface area contributed by atoms with Crippen LogP contribution in [0.25, 0.3) is 0 Å². The lowest BCUT2D eigenvalue weighted by Crippen LogP contribution is -2.44. The largest absolute Gasteiger partial charge is 0.467 e. The second-order valence-electron chi connectivity index (χ2n) is 5.63. The summed E-state index contributed by atoms with van der Waals surface area (Å²) in [6.07, 6.45) is 1.96. The predicted molar refractivity (Wildman–Crippen MR) is 87.0 cm³/mol. The second-order valence-corrected chi connectivity index (χ2v) is 5.63. The second kappa shape index (κ2) is 8.29. The molecule has 1 aromatic rings. The lowest BCUT2D eigenvalue weighted by molar-refractivity contribution is -0.146. The molecule has 6 heteroatoms. The first-order valence-corrected chi connectivity index (χ1v) is 7.73. The number of amides is 1. The lowest BCUT2D eigenvalue weighted by Gasteiger charge is -2.24. The monoisotopic (exact) mass is 331 g/mol. The summed E-state index contributed by atoms with van der Waals surface area (Å²) >= 11 is 0. The minimum atomic E-state index is -0.841. The highest BCUT2D eigenvalue weighted by molar-refractivity contribution is 5.83. The van der Waals surface area contributed by atoms with Gasteiger partial charge < -0.3 is 14.3 Å². The van der Waals surface area contributed by atoms with Crippen LogP contribution in [0, 0.1) is 11.8 Å². The van der Waals surface area contributed by atoms with Crippen LogP contribution in [0.2, 0.25) is 0 Å². The quantitative estimate of drug-likeness (QED) is 0.454. The number of hydrogen-bond acceptors (Lipinski definition) is 5. The van der Waals surface area contributed by atoms with Crippen LogP contribution < -0.4 is 0 Å². The molecule has 1 saturated heterocycles. The molecule has 0 N–H and O–H groups in total. The molecule has 1 aliphatic rings. The van der Waals surface area contributed by atoms with E-state index >= 15 is 0 Å². The molecule has 0 radical (unpaired) electrons. The van der Waals surface area contributed by atoms with E-state index in [1.54, 1.807) is 6.08 Å². The molecule has 0 aromatic heterocycles. The van der Waals surface area contributed by atoms with E-state index in [-0.39, 0.29) is 31.4 Å². The summed E-state index contributed by atoms with van der Waals surface area (Å²) in [6.45, 7) is 4.12. The maximum absolute atomic E-state index is 12.4. The van der Waals surface area contributed by atoms with Crippen molar-refractivity contribution in [3.8, 4) is 0 Å². The smallest absolute Gasteiger partial charge is 0.410 e. The van der Waals surface area contributed by atoms with Gasteiger partial charge in [0.2, 0.25) is 0 Å². The first-order chi connectivity index (χ1) is 11.6. The van der Waals surface area contributed by atoms with Crippen LogP contribution in [0.15, 0.2) is 43.0 Å². The molecule has 1 heterocycles. The maximum atomic E-state index is 12.4. The molecule has 1 fully saturated rings. The van der Waals surface area contributed by atoms with Crippen LogP contribution >= 0.6 is 0 Å². The number of esters is 1. The van der Waals surface area contributed by atoms with Crippen molar-refractivity contribution in [1.29, 1.82) is 0 Å². The number of carbonyl (C=O) groups excluding carboxylic acids is 3. The van der Waals surface area contributed by atoms with E-state index < -0.39 is 18.1 Å². The number of ether oxygens (including phenoxy) is 2. The number of rotatable bonds is 6. The normalized spacial score (nSPS) is 22.7. The van der Waals surface area contributed by atoms with Crippen molar-refractivity contribution in [2.24, 2.45) is 11.8 Å². The van der Waals surface area contributed by atoms with Crippen LogP contribution in [0.3, 0.4) is 0 Å². The summed E-state index contributed by atoms with van der Waals surface area (Å²) in [7, 11) is 1.26. The average molecular weight is 331 g/mol. The van der Waals surface area contributed by atoms with Gasteiger partial charge in [0.25, 0.3) is 0 Å². The van der Waals surface area contributed by atoms with E-state index in [0.717, 1.165) is 11.8 Å². The third-order valence-electron chi connectivity index (χ3n) is 4.25. The van der Waals surface area contributed by atoms with Crippen LogP contribution in [-0.4, -0.2) is 42.9 Å². The Morgan fingerprint density at radius 3 is 2.62 bits per heavy atom. The minimum Gasteiger partial charge on any atom is -0.467 e. The first kappa shape index (κ1) is 17.7. The van der Waals surface area contributed by atoms with Crippen LogP contribution in [0.4, 0.5) is 4.79 Å². The van der Waals surface area contributed by atoms with Crippen molar-refractivity contribution in [3.63, 3.8) is 0 Å². The first-order valence-electron chi connectivity index (χ1n) is 7.73. The molecular weight excluding hydrogens is 310 g/mol. The van der Waals surface area contributed by atoms with E-state index in [2.05, 4.69) is 6.58 Å². The van der Waals surface area contributed by atoms with Crippen molar-refractivity contribution >= 4 is 18.3 Å². The Labute approximate surface area is 141 Å². The number of carbonyl (C=O) groups is 3. The Balaban J connectivity index is 2.13. The number of aldehydes is 1. The topological polar surface area (TPSA) is 72.9 Å². The summed E-state index contributed by atoms with van der Waals surface area (Å²) in [5.74, 6) is -1.07. The molecule has 6 nitrogen and oxygen atoms in total. The van der Waals surface area contributed by atoms with Crippen molar-refractivity contribution in [2.45, 2.75) is 19.1 Å². The number of hydrogen-bond donors (Lipinski definition) is 0. The van der Waals surface area contributed by atoms with E-state index in [9.17, 15) is 14.4 Å². The Morgan fingerprint density at radius 2 is 2.04 bits per heavy atom. The SMILES string of the molecule is C=C[C@H]1CN(C(=O)OCc2ccccc2)[C@@H](C(=O)OC)[C@H]1CC=O. The van der Waals surface area contributed by atoms with E-state index in [1.165, 1.54) is 12.0 Å². The Bertz CT molecular complexity index is 601. The molecule has 0 saturated carbocycles. The Kier molecular flexibility index (Phi) is 6.12. The number of nitrogens with zero attached hydrogens (tertiary/aromatic N) is 1. The standard InChI is InChI=1S/C18H21NO5/c1-3-14-11-19(16(17(21)23-2)15(14)9-10-20)18(22)24-12-13-7-5-4-6-8-13/h3-8,10,14-16H,1,9,11-12H2,2H3/t14-,15-,16+/m0/s1.